The molecule has 154 valence electrons. The molecule has 0 heterocycles. The molecule has 1 atom stereocenters. The standard InChI is InChI=1S/C21H17O8P.Na/c22-20(23)14-27-17-11-12-19(18(13-17)21(24)15-7-3-1-4-8-15)29-30(25,26)28-16-9-5-2-6-10-16;/h1-13H,14H2,(H,22,23)(H,25,26);/q;+1/p-1. The summed E-state index contributed by atoms with van der Waals surface area (Å²) in [6.07, 6.45) is 0. The molecule has 0 saturated heterocycles. The topological polar surface area (TPSA) is 122 Å². The van der Waals surface area contributed by atoms with Crippen molar-refractivity contribution in [1.29, 1.82) is 0 Å². The van der Waals surface area contributed by atoms with Crippen LogP contribution in [0.5, 0.6) is 17.2 Å². The van der Waals surface area contributed by atoms with Gasteiger partial charge in [-0.15, -0.1) is 0 Å². The zero-order chi connectivity index (χ0) is 21.6. The van der Waals surface area contributed by atoms with E-state index in [9.17, 15) is 19.0 Å². The minimum absolute atomic E-state index is 0. The molecule has 0 aliphatic heterocycles. The molecule has 3 rings (SSSR count). The van der Waals surface area contributed by atoms with Crippen molar-refractivity contribution in [3.63, 3.8) is 0 Å². The molecule has 0 spiro atoms. The molecule has 10 heteroatoms. The van der Waals surface area contributed by atoms with E-state index < -0.39 is 26.2 Å². The molecule has 3 aromatic rings. The average molecular weight is 450 g/mol. The number of carboxylic acid groups (broad SMARTS) is 1. The van der Waals surface area contributed by atoms with Gasteiger partial charge < -0.3 is 23.8 Å². The summed E-state index contributed by atoms with van der Waals surface area (Å²) in [5.41, 5.74) is 0.152. The Hall–Kier alpha value is -2.61. The molecule has 0 aromatic heterocycles. The van der Waals surface area contributed by atoms with E-state index in [1.165, 1.54) is 30.3 Å². The quantitative estimate of drug-likeness (QED) is 0.281. The molecule has 1 N–H and O–H groups in total. The number of benzene rings is 3. The van der Waals surface area contributed by atoms with Crippen LogP contribution in [-0.2, 0) is 9.36 Å². The molecule has 3 aromatic carbocycles. The van der Waals surface area contributed by atoms with E-state index in [-0.39, 0.29) is 57.9 Å². The van der Waals surface area contributed by atoms with E-state index in [2.05, 4.69) is 0 Å². The SMILES string of the molecule is O=C(O)COc1ccc(OP(=O)([O-])Oc2ccccc2)c(C(=O)c2ccccc2)c1.[Na+]. The minimum atomic E-state index is -4.88. The van der Waals surface area contributed by atoms with Crippen LogP contribution in [0.3, 0.4) is 0 Å². The minimum Gasteiger partial charge on any atom is -0.736 e. The molecule has 0 bridgehead atoms. The molecule has 0 aliphatic carbocycles. The van der Waals surface area contributed by atoms with Crippen molar-refractivity contribution in [1.82, 2.24) is 0 Å². The molecule has 0 amide bonds. The van der Waals surface area contributed by atoms with Crippen LogP contribution in [0.2, 0.25) is 0 Å². The Morgan fingerprint density at radius 3 is 2.10 bits per heavy atom. The number of hydrogen-bond donors (Lipinski definition) is 1. The first kappa shape index (κ1) is 24.7. The van der Waals surface area contributed by atoms with E-state index in [4.69, 9.17) is 18.9 Å². The van der Waals surface area contributed by atoms with Crippen LogP contribution in [0.25, 0.3) is 0 Å². The maximum absolute atomic E-state index is 12.9. The summed E-state index contributed by atoms with van der Waals surface area (Å²) in [4.78, 5) is 36.0. The van der Waals surface area contributed by atoms with E-state index in [0.717, 1.165) is 0 Å². The zero-order valence-electron chi connectivity index (χ0n) is 16.5. The number of carbonyl (C=O) groups excluding carboxylic acids is 1. The number of phosphoric acid groups is 1. The summed E-state index contributed by atoms with van der Waals surface area (Å²) in [6, 6.07) is 19.6. The summed E-state index contributed by atoms with van der Waals surface area (Å²) in [5.74, 6) is -1.90. The fourth-order valence-corrected chi connectivity index (χ4v) is 3.31. The summed E-state index contributed by atoms with van der Waals surface area (Å²) >= 11 is 0. The third kappa shape index (κ3) is 7.24. The second kappa shape index (κ2) is 11.1. The van der Waals surface area contributed by atoms with Crippen molar-refractivity contribution in [2.75, 3.05) is 6.61 Å². The van der Waals surface area contributed by atoms with Crippen LogP contribution in [-0.4, -0.2) is 23.5 Å². The molecule has 31 heavy (non-hydrogen) atoms. The molecule has 8 nitrogen and oxygen atoms in total. The van der Waals surface area contributed by atoms with Crippen LogP contribution >= 0.6 is 7.82 Å². The summed E-state index contributed by atoms with van der Waals surface area (Å²) < 4.78 is 27.4. The van der Waals surface area contributed by atoms with Crippen molar-refractivity contribution >= 4 is 19.6 Å². The predicted octanol–water partition coefficient (Wildman–Crippen LogP) is 0.311. The number of aliphatic carboxylic acids is 1. The van der Waals surface area contributed by atoms with Gasteiger partial charge in [0.15, 0.2) is 12.4 Å². The fraction of sp³-hybridized carbons (Fsp3) is 0.0476. The van der Waals surface area contributed by atoms with Gasteiger partial charge in [0, 0.05) is 5.56 Å². The molecule has 1 unspecified atom stereocenters. The van der Waals surface area contributed by atoms with Gasteiger partial charge in [0.25, 0.3) is 0 Å². The molecule has 0 fully saturated rings. The monoisotopic (exact) mass is 450 g/mol. The number of phosphoric ester groups is 1. The van der Waals surface area contributed by atoms with Gasteiger partial charge in [0.2, 0.25) is 0 Å². The Balaban J connectivity index is 0.00000341. The van der Waals surface area contributed by atoms with Gasteiger partial charge in [-0.1, -0.05) is 48.5 Å². The Labute approximate surface area is 200 Å². The third-order valence-corrected chi connectivity index (χ3v) is 4.62. The second-order valence-corrected chi connectivity index (χ2v) is 7.24. The van der Waals surface area contributed by atoms with Crippen molar-refractivity contribution in [2.24, 2.45) is 0 Å². The number of carbonyl (C=O) groups is 2. The first-order valence-corrected chi connectivity index (χ1v) is 10.1. The van der Waals surface area contributed by atoms with Crippen LogP contribution in [0.15, 0.2) is 78.9 Å². The van der Waals surface area contributed by atoms with Crippen molar-refractivity contribution < 1.29 is 67.5 Å². The van der Waals surface area contributed by atoms with E-state index in [1.807, 2.05) is 0 Å². The van der Waals surface area contributed by atoms with Gasteiger partial charge in [-0.2, -0.15) is 0 Å². The summed E-state index contributed by atoms with van der Waals surface area (Å²) in [7, 11) is -4.88. The molecule has 0 aliphatic rings. The van der Waals surface area contributed by atoms with Gasteiger partial charge in [-0.05, 0) is 30.3 Å². The van der Waals surface area contributed by atoms with Gasteiger partial charge in [-0.3, -0.25) is 4.79 Å². The Morgan fingerprint density at radius 1 is 0.871 bits per heavy atom. The third-order valence-electron chi connectivity index (χ3n) is 3.76. The van der Waals surface area contributed by atoms with E-state index in [1.54, 1.807) is 48.5 Å². The molecule has 0 saturated carbocycles. The fourth-order valence-electron chi connectivity index (χ4n) is 2.50. The maximum atomic E-state index is 12.9. The number of carboxylic acids is 1. The van der Waals surface area contributed by atoms with Crippen molar-refractivity contribution in [3.05, 3.63) is 90.0 Å². The van der Waals surface area contributed by atoms with Gasteiger partial charge in [0.05, 0.1) is 5.56 Å². The number of rotatable bonds is 9. The van der Waals surface area contributed by atoms with E-state index in [0.29, 0.717) is 0 Å². The van der Waals surface area contributed by atoms with Crippen LogP contribution < -0.4 is 48.2 Å². The molecule has 0 radical (unpaired) electrons. The van der Waals surface area contributed by atoms with Crippen LogP contribution in [0.4, 0.5) is 0 Å². The first-order valence-electron chi connectivity index (χ1n) is 8.68. The second-order valence-electron chi connectivity index (χ2n) is 5.98. The zero-order valence-corrected chi connectivity index (χ0v) is 19.4. The average Bonchev–Trinajstić information content (AvgIpc) is 2.73. The molecular formula is C21H16NaO8P. The predicted molar refractivity (Wildman–Crippen MR) is 105 cm³/mol. The number of ether oxygens (including phenoxy) is 1. The van der Waals surface area contributed by atoms with E-state index >= 15 is 0 Å². The van der Waals surface area contributed by atoms with Crippen LogP contribution in [0, 0.1) is 0 Å². The summed E-state index contributed by atoms with van der Waals surface area (Å²) in [5, 5.41) is 8.77. The smallest absolute Gasteiger partial charge is 0.736 e. The van der Waals surface area contributed by atoms with Crippen molar-refractivity contribution in [2.45, 2.75) is 0 Å². The normalized spacial score (nSPS) is 12.0. The Morgan fingerprint density at radius 2 is 1.48 bits per heavy atom. The number of ketones is 1. The van der Waals surface area contributed by atoms with Gasteiger partial charge in [-0.25, -0.2) is 9.36 Å². The number of para-hydroxylation sites is 1. The first-order chi connectivity index (χ1) is 14.3. The molecular weight excluding hydrogens is 434 g/mol. The number of hydrogen-bond acceptors (Lipinski definition) is 7. The van der Waals surface area contributed by atoms with Crippen molar-refractivity contribution in [3.8, 4) is 17.2 Å². The largest absolute Gasteiger partial charge is 1.00 e. The van der Waals surface area contributed by atoms with Crippen LogP contribution in [0.1, 0.15) is 15.9 Å². The maximum Gasteiger partial charge on any atom is 1.00 e. The van der Waals surface area contributed by atoms with Gasteiger partial charge >= 0.3 is 43.3 Å². The Bertz CT molecular complexity index is 1090. The Kier molecular flexibility index (Phi) is 8.86. The summed E-state index contributed by atoms with van der Waals surface area (Å²) in [6.45, 7) is -0.629. The van der Waals surface area contributed by atoms with Gasteiger partial charge in [0.1, 0.15) is 17.2 Å².